The van der Waals surface area contributed by atoms with Crippen LogP contribution in [-0.2, 0) is 13.1 Å². The monoisotopic (exact) mass is 267 g/mol. The lowest BCUT2D eigenvalue weighted by Crippen LogP contribution is -2.33. The number of aryl methyl sites for hydroxylation is 1. The van der Waals surface area contributed by atoms with Crippen LogP contribution in [0.5, 0.6) is 0 Å². The van der Waals surface area contributed by atoms with Crippen molar-refractivity contribution < 1.29 is 4.42 Å². The first kappa shape index (κ1) is 16.2. The first-order chi connectivity index (χ1) is 8.92. The van der Waals surface area contributed by atoms with Gasteiger partial charge in [-0.1, -0.05) is 13.8 Å². The van der Waals surface area contributed by atoms with Gasteiger partial charge in [-0.05, 0) is 33.0 Å². The van der Waals surface area contributed by atoms with E-state index in [4.69, 9.17) is 10.2 Å². The second kappa shape index (κ2) is 7.68. The highest BCUT2D eigenvalue weighted by Gasteiger charge is 2.12. The molecule has 0 spiro atoms. The molecule has 0 amide bonds. The van der Waals surface area contributed by atoms with Crippen molar-refractivity contribution in [3.8, 4) is 0 Å². The van der Waals surface area contributed by atoms with Crippen molar-refractivity contribution in [1.82, 2.24) is 9.80 Å². The van der Waals surface area contributed by atoms with Gasteiger partial charge in [0.1, 0.15) is 11.5 Å². The van der Waals surface area contributed by atoms with E-state index in [2.05, 4.69) is 43.8 Å². The predicted molar refractivity (Wildman–Crippen MR) is 80.0 cm³/mol. The first-order valence-electron chi connectivity index (χ1n) is 7.07. The summed E-state index contributed by atoms with van der Waals surface area (Å²) in [6, 6.07) is 2.10. The van der Waals surface area contributed by atoms with Crippen LogP contribution in [0.1, 0.15) is 30.9 Å². The number of hydrogen-bond donors (Lipinski definition) is 1. The summed E-state index contributed by atoms with van der Waals surface area (Å²) in [5.74, 6) is 2.64. The Kier molecular flexibility index (Phi) is 6.55. The summed E-state index contributed by atoms with van der Waals surface area (Å²) in [6.07, 6.45) is 0. The molecule has 0 saturated heterocycles. The van der Waals surface area contributed by atoms with Gasteiger partial charge in [-0.2, -0.15) is 0 Å². The molecule has 0 radical (unpaired) electrons. The Bertz CT molecular complexity index is 371. The van der Waals surface area contributed by atoms with Crippen LogP contribution in [0.15, 0.2) is 10.5 Å². The summed E-state index contributed by atoms with van der Waals surface area (Å²) in [5, 5.41) is 0. The first-order valence-corrected chi connectivity index (χ1v) is 7.07. The van der Waals surface area contributed by atoms with Gasteiger partial charge in [-0.15, -0.1) is 0 Å². The van der Waals surface area contributed by atoms with Crippen LogP contribution >= 0.6 is 0 Å². The summed E-state index contributed by atoms with van der Waals surface area (Å²) in [5.41, 5.74) is 6.81. The summed E-state index contributed by atoms with van der Waals surface area (Å²) in [7, 11) is 4.22. The van der Waals surface area contributed by atoms with E-state index in [-0.39, 0.29) is 0 Å². The maximum Gasteiger partial charge on any atom is 0.118 e. The Labute approximate surface area is 117 Å². The molecular formula is C15H29N3O. The quantitative estimate of drug-likeness (QED) is 0.783. The average molecular weight is 267 g/mol. The maximum absolute atomic E-state index is 5.79. The number of rotatable bonds is 8. The van der Waals surface area contributed by atoms with Crippen LogP contribution in [0.25, 0.3) is 0 Å². The summed E-state index contributed by atoms with van der Waals surface area (Å²) < 4.78 is 5.79. The zero-order valence-electron chi connectivity index (χ0n) is 13.1. The lowest BCUT2D eigenvalue weighted by atomic mass is 10.2. The SMILES string of the molecule is Cc1oc(CN(CCN(C)C)CC(C)C)cc1CN. The Morgan fingerprint density at radius 2 is 1.95 bits per heavy atom. The Hall–Kier alpha value is -0.840. The van der Waals surface area contributed by atoms with E-state index in [1.807, 2.05) is 6.92 Å². The van der Waals surface area contributed by atoms with E-state index in [1.54, 1.807) is 0 Å². The summed E-state index contributed by atoms with van der Waals surface area (Å²) in [6.45, 7) is 11.1. The highest BCUT2D eigenvalue weighted by atomic mass is 16.3. The molecular weight excluding hydrogens is 238 g/mol. The molecule has 4 heteroatoms. The Morgan fingerprint density at radius 3 is 2.42 bits per heavy atom. The van der Waals surface area contributed by atoms with Crippen molar-refractivity contribution in [1.29, 1.82) is 0 Å². The van der Waals surface area contributed by atoms with Crippen LogP contribution < -0.4 is 5.73 Å². The molecule has 2 N–H and O–H groups in total. The molecule has 1 rings (SSSR count). The average Bonchev–Trinajstić information content (AvgIpc) is 2.65. The summed E-state index contributed by atoms with van der Waals surface area (Å²) >= 11 is 0. The lowest BCUT2D eigenvalue weighted by molar-refractivity contribution is 0.197. The van der Waals surface area contributed by atoms with Gasteiger partial charge in [0.2, 0.25) is 0 Å². The number of likely N-dealkylation sites (N-methyl/N-ethyl adjacent to an activating group) is 1. The molecule has 0 unspecified atom stereocenters. The van der Waals surface area contributed by atoms with E-state index in [0.717, 1.165) is 43.3 Å². The van der Waals surface area contributed by atoms with Crippen molar-refractivity contribution >= 4 is 0 Å². The molecule has 19 heavy (non-hydrogen) atoms. The van der Waals surface area contributed by atoms with Gasteiger partial charge in [0.05, 0.1) is 6.54 Å². The standard InChI is InChI=1S/C15H29N3O/c1-12(2)10-18(7-6-17(4)5)11-15-8-14(9-16)13(3)19-15/h8,12H,6-7,9-11,16H2,1-5H3. The minimum Gasteiger partial charge on any atom is -0.465 e. The van der Waals surface area contributed by atoms with E-state index in [0.29, 0.717) is 12.5 Å². The number of nitrogens with two attached hydrogens (primary N) is 1. The second-order valence-corrected chi connectivity index (χ2v) is 5.93. The van der Waals surface area contributed by atoms with Crippen molar-refractivity contribution in [2.45, 2.75) is 33.9 Å². The van der Waals surface area contributed by atoms with Crippen LogP contribution in [-0.4, -0.2) is 43.5 Å². The van der Waals surface area contributed by atoms with E-state index >= 15 is 0 Å². The molecule has 0 aliphatic rings. The summed E-state index contributed by atoms with van der Waals surface area (Å²) in [4.78, 5) is 4.66. The van der Waals surface area contributed by atoms with Crippen molar-refractivity contribution in [2.24, 2.45) is 11.7 Å². The van der Waals surface area contributed by atoms with Crippen molar-refractivity contribution in [3.63, 3.8) is 0 Å². The van der Waals surface area contributed by atoms with Gasteiger partial charge in [0.25, 0.3) is 0 Å². The fraction of sp³-hybridized carbons (Fsp3) is 0.733. The zero-order chi connectivity index (χ0) is 14.4. The third kappa shape index (κ3) is 5.76. The fourth-order valence-corrected chi connectivity index (χ4v) is 2.18. The zero-order valence-corrected chi connectivity index (χ0v) is 13.1. The van der Waals surface area contributed by atoms with Gasteiger partial charge >= 0.3 is 0 Å². The minimum absolute atomic E-state index is 0.553. The largest absolute Gasteiger partial charge is 0.465 e. The molecule has 0 fully saturated rings. The molecule has 1 aromatic rings. The Balaban J connectivity index is 2.63. The minimum atomic E-state index is 0.553. The molecule has 0 saturated carbocycles. The molecule has 0 aromatic carbocycles. The van der Waals surface area contributed by atoms with Crippen LogP contribution in [0.3, 0.4) is 0 Å². The molecule has 0 atom stereocenters. The fourth-order valence-electron chi connectivity index (χ4n) is 2.18. The molecule has 4 nitrogen and oxygen atoms in total. The maximum atomic E-state index is 5.79. The van der Waals surface area contributed by atoms with Crippen LogP contribution in [0.2, 0.25) is 0 Å². The second-order valence-electron chi connectivity index (χ2n) is 5.93. The number of hydrogen-bond acceptors (Lipinski definition) is 4. The highest BCUT2D eigenvalue weighted by molar-refractivity contribution is 5.20. The van der Waals surface area contributed by atoms with Gasteiger partial charge < -0.3 is 15.1 Å². The molecule has 1 heterocycles. The van der Waals surface area contributed by atoms with E-state index < -0.39 is 0 Å². The Morgan fingerprint density at radius 1 is 1.26 bits per heavy atom. The van der Waals surface area contributed by atoms with E-state index in [1.165, 1.54) is 0 Å². The normalized spacial score (nSPS) is 12.1. The van der Waals surface area contributed by atoms with Gasteiger partial charge in [-0.3, -0.25) is 4.90 Å². The van der Waals surface area contributed by atoms with Crippen molar-refractivity contribution in [2.75, 3.05) is 33.7 Å². The van der Waals surface area contributed by atoms with Gasteiger partial charge in [0, 0.05) is 31.7 Å². The number of furan rings is 1. The third-order valence-electron chi connectivity index (χ3n) is 3.16. The molecule has 110 valence electrons. The molecule has 1 aromatic heterocycles. The van der Waals surface area contributed by atoms with Crippen LogP contribution in [0.4, 0.5) is 0 Å². The van der Waals surface area contributed by atoms with Gasteiger partial charge in [-0.25, -0.2) is 0 Å². The highest BCUT2D eigenvalue weighted by Crippen LogP contribution is 2.16. The smallest absolute Gasteiger partial charge is 0.118 e. The number of nitrogens with zero attached hydrogens (tertiary/aromatic N) is 2. The lowest BCUT2D eigenvalue weighted by Gasteiger charge is -2.24. The molecule has 0 bridgehead atoms. The third-order valence-corrected chi connectivity index (χ3v) is 3.16. The topological polar surface area (TPSA) is 45.6 Å². The van der Waals surface area contributed by atoms with E-state index in [9.17, 15) is 0 Å². The van der Waals surface area contributed by atoms with Crippen molar-refractivity contribution in [3.05, 3.63) is 23.2 Å². The predicted octanol–water partition coefficient (Wildman–Crippen LogP) is 2.07. The van der Waals surface area contributed by atoms with Crippen LogP contribution in [0, 0.1) is 12.8 Å². The van der Waals surface area contributed by atoms with Gasteiger partial charge in [0.15, 0.2) is 0 Å². The molecule has 0 aliphatic heterocycles. The molecule has 0 aliphatic carbocycles.